The van der Waals surface area contributed by atoms with Gasteiger partial charge in [0.2, 0.25) is 0 Å². The van der Waals surface area contributed by atoms with E-state index in [1.54, 1.807) is 23.0 Å². The topological polar surface area (TPSA) is 87.6 Å². The number of furan rings is 1. The highest BCUT2D eigenvalue weighted by molar-refractivity contribution is 7.13. The van der Waals surface area contributed by atoms with E-state index < -0.39 is 0 Å². The van der Waals surface area contributed by atoms with Crippen LogP contribution in [-0.2, 0) is 6.61 Å². The minimum Gasteiger partial charge on any atom is -0.496 e. The molecule has 35 heavy (non-hydrogen) atoms. The quantitative estimate of drug-likeness (QED) is 0.293. The van der Waals surface area contributed by atoms with Crippen molar-refractivity contribution in [2.45, 2.75) is 20.5 Å². The Balaban J connectivity index is 1.32. The lowest BCUT2D eigenvalue weighted by atomic mass is 10.2. The van der Waals surface area contributed by atoms with Gasteiger partial charge in [0.25, 0.3) is 5.78 Å². The van der Waals surface area contributed by atoms with E-state index in [0.717, 1.165) is 33.0 Å². The van der Waals surface area contributed by atoms with Gasteiger partial charge in [-0.2, -0.15) is 5.10 Å². The molecule has 0 bridgehead atoms. The van der Waals surface area contributed by atoms with Gasteiger partial charge in [0.1, 0.15) is 34.4 Å². The van der Waals surface area contributed by atoms with Crippen LogP contribution in [0.2, 0.25) is 0 Å². The minimum absolute atomic E-state index is 0.326. The maximum atomic E-state index is 6.19. The van der Waals surface area contributed by atoms with Crippen molar-refractivity contribution in [3.8, 4) is 33.5 Å². The Kier molecular flexibility index (Phi) is 5.18. The van der Waals surface area contributed by atoms with E-state index in [1.165, 1.54) is 0 Å². The summed E-state index contributed by atoms with van der Waals surface area (Å²) in [5.41, 5.74) is 4.93. The Morgan fingerprint density at radius 2 is 1.86 bits per heavy atom. The number of nitrogens with zero attached hydrogens (tertiary/aromatic N) is 5. The molecule has 9 heteroatoms. The first-order valence-electron chi connectivity index (χ1n) is 11.0. The van der Waals surface area contributed by atoms with Gasteiger partial charge in [0, 0.05) is 23.1 Å². The largest absolute Gasteiger partial charge is 0.496 e. The fourth-order valence-corrected chi connectivity index (χ4v) is 4.59. The zero-order valence-corrected chi connectivity index (χ0v) is 20.2. The maximum absolute atomic E-state index is 6.19. The molecule has 0 saturated heterocycles. The van der Waals surface area contributed by atoms with Gasteiger partial charge in [-0.1, -0.05) is 30.3 Å². The lowest BCUT2D eigenvalue weighted by molar-refractivity contribution is 0.303. The lowest BCUT2D eigenvalue weighted by Crippen LogP contribution is -1.99. The standard InChI is InChI=1S/C26H21N5O3S/c1-15-16(2)30-31-12-21(29-26(31)27-15)24-11-20-22(9-19(32-3)10-23(20)34-24)33-13-18-14-35-25(28-18)17-7-5-4-6-8-17/h4-12,14H,13H2,1-3H3. The highest BCUT2D eigenvalue weighted by atomic mass is 32.1. The van der Waals surface area contributed by atoms with Crippen LogP contribution < -0.4 is 9.47 Å². The Morgan fingerprint density at radius 1 is 1.00 bits per heavy atom. The van der Waals surface area contributed by atoms with E-state index in [-0.39, 0.29) is 0 Å². The number of hydrogen-bond donors (Lipinski definition) is 0. The first-order chi connectivity index (χ1) is 17.1. The van der Waals surface area contributed by atoms with Crippen molar-refractivity contribution in [2.24, 2.45) is 0 Å². The van der Waals surface area contributed by atoms with E-state index in [4.69, 9.17) is 18.9 Å². The van der Waals surface area contributed by atoms with Gasteiger partial charge in [-0.05, 0) is 19.9 Å². The summed E-state index contributed by atoms with van der Waals surface area (Å²) >= 11 is 1.60. The Bertz CT molecular complexity index is 1630. The normalized spacial score (nSPS) is 11.4. The van der Waals surface area contributed by atoms with Gasteiger partial charge in [-0.25, -0.2) is 19.5 Å². The Labute approximate surface area is 204 Å². The van der Waals surface area contributed by atoms with Crippen molar-refractivity contribution in [2.75, 3.05) is 7.11 Å². The number of benzene rings is 2. The number of rotatable bonds is 6. The molecule has 8 nitrogen and oxygen atoms in total. The molecule has 0 spiro atoms. The molecule has 6 aromatic rings. The monoisotopic (exact) mass is 483 g/mol. The molecule has 6 rings (SSSR count). The smallest absolute Gasteiger partial charge is 0.251 e. The van der Waals surface area contributed by atoms with Crippen LogP contribution in [0.15, 0.2) is 64.5 Å². The van der Waals surface area contributed by atoms with Gasteiger partial charge >= 0.3 is 0 Å². The molecule has 0 radical (unpaired) electrons. The average molecular weight is 484 g/mol. The molecule has 4 heterocycles. The molecule has 0 saturated carbocycles. The number of imidazole rings is 1. The number of thiazole rings is 1. The second-order valence-corrected chi connectivity index (χ2v) is 8.96. The van der Waals surface area contributed by atoms with Crippen LogP contribution in [0.25, 0.3) is 38.8 Å². The first kappa shape index (κ1) is 21.3. The molecule has 4 aromatic heterocycles. The molecule has 2 aromatic carbocycles. The van der Waals surface area contributed by atoms with Crippen LogP contribution in [-0.4, -0.2) is 31.7 Å². The van der Waals surface area contributed by atoms with E-state index in [0.29, 0.717) is 40.9 Å². The van der Waals surface area contributed by atoms with E-state index in [2.05, 4.69) is 27.2 Å². The summed E-state index contributed by atoms with van der Waals surface area (Å²) in [5.74, 6) is 2.41. The van der Waals surface area contributed by atoms with Crippen molar-refractivity contribution < 1.29 is 13.9 Å². The third-order valence-corrected chi connectivity index (χ3v) is 6.67. The summed E-state index contributed by atoms with van der Waals surface area (Å²) in [4.78, 5) is 13.8. The molecule has 0 amide bonds. The summed E-state index contributed by atoms with van der Waals surface area (Å²) in [6.07, 6.45) is 1.81. The predicted molar refractivity (Wildman–Crippen MR) is 134 cm³/mol. The van der Waals surface area contributed by atoms with Crippen molar-refractivity contribution in [1.82, 2.24) is 24.6 Å². The summed E-state index contributed by atoms with van der Waals surface area (Å²) in [6, 6.07) is 15.7. The summed E-state index contributed by atoms with van der Waals surface area (Å²) in [5, 5.41) is 8.31. The molecule has 0 aliphatic heterocycles. The van der Waals surface area contributed by atoms with Gasteiger partial charge in [-0.15, -0.1) is 11.3 Å². The third-order valence-electron chi connectivity index (χ3n) is 5.73. The number of aromatic nitrogens is 5. The number of methoxy groups -OCH3 is 1. The molecular formula is C26H21N5O3S. The molecule has 0 aliphatic carbocycles. The Hall–Kier alpha value is -4.24. The summed E-state index contributed by atoms with van der Waals surface area (Å²) in [7, 11) is 1.62. The fraction of sp³-hybridized carbons (Fsp3) is 0.154. The lowest BCUT2D eigenvalue weighted by Gasteiger charge is -2.07. The van der Waals surface area contributed by atoms with Crippen LogP contribution in [0, 0.1) is 13.8 Å². The average Bonchev–Trinajstić information content (AvgIpc) is 3.61. The van der Waals surface area contributed by atoms with E-state index in [1.807, 2.05) is 61.8 Å². The predicted octanol–water partition coefficient (Wildman–Crippen LogP) is 5.87. The third kappa shape index (κ3) is 4.00. The van der Waals surface area contributed by atoms with E-state index in [9.17, 15) is 0 Å². The van der Waals surface area contributed by atoms with Gasteiger partial charge in [0.05, 0.1) is 35.8 Å². The van der Waals surface area contributed by atoms with Crippen LogP contribution in [0.1, 0.15) is 17.1 Å². The Morgan fingerprint density at radius 3 is 2.69 bits per heavy atom. The molecule has 0 fully saturated rings. The maximum Gasteiger partial charge on any atom is 0.251 e. The molecule has 0 N–H and O–H groups in total. The number of aryl methyl sites for hydroxylation is 2. The molecule has 0 atom stereocenters. The number of hydrogen-bond acceptors (Lipinski definition) is 8. The highest BCUT2D eigenvalue weighted by Crippen LogP contribution is 2.37. The highest BCUT2D eigenvalue weighted by Gasteiger charge is 2.17. The second-order valence-electron chi connectivity index (χ2n) is 8.10. The van der Waals surface area contributed by atoms with Crippen molar-refractivity contribution in [3.05, 3.63) is 77.2 Å². The van der Waals surface area contributed by atoms with E-state index >= 15 is 0 Å². The molecule has 0 aliphatic rings. The van der Waals surface area contributed by atoms with Gasteiger partial charge in [-0.3, -0.25) is 0 Å². The minimum atomic E-state index is 0.326. The summed E-state index contributed by atoms with van der Waals surface area (Å²) in [6.45, 7) is 4.16. The SMILES string of the molecule is COc1cc(OCc2csc(-c3ccccc3)n2)c2cc(-c3cn4nc(C)c(C)nc4n3)oc2c1. The number of ether oxygens (including phenoxy) is 2. The van der Waals surface area contributed by atoms with Gasteiger partial charge in [0.15, 0.2) is 5.76 Å². The van der Waals surface area contributed by atoms with Crippen LogP contribution in [0.3, 0.4) is 0 Å². The molecule has 0 unspecified atom stereocenters. The van der Waals surface area contributed by atoms with Crippen LogP contribution in [0.4, 0.5) is 0 Å². The zero-order chi connectivity index (χ0) is 23.9. The number of fused-ring (bicyclic) bond motifs is 2. The van der Waals surface area contributed by atoms with Crippen molar-refractivity contribution in [1.29, 1.82) is 0 Å². The summed E-state index contributed by atoms with van der Waals surface area (Å²) < 4.78 is 19.5. The van der Waals surface area contributed by atoms with Crippen molar-refractivity contribution in [3.63, 3.8) is 0 Å². The molecular weight excluding hydrogens is 462 g/mol. The first-order valence-corrected chi connectivity index (χ1v) is 11.9. The van der Waals surface area contributed by atoms with Gasteiger partial charge < -0.3 is 13.9 Å². The molecule has 174 valence electrons. The van der Waals surface area contributed by atoms with Crippen LogP contribution >= 0.6 is 11.3 Å². The fourth-order valence-electron chi connectivity index (χ4n) is 3.78. The second kappa shape index (κ2) is 8.52. The van der Waals surface area contributed by atoms with Crippen molar-refractivity contribution >= 4 is 28.1 Å². The zero-order valence-electron chi connectivity index (χ0n) is 19.3. The van der Waals surface area contributed by atoms with Crippen LogP contribution in [0.5, 0.6) is 11.5 Å².